The molecule has 1 atom stereocenters. The van der Waals surface area contributed by atoms with Gasteiger partial charge in [0.25, 0.3) is 5.91 Å². The fourth-order valence-electron chi connectivity index (χ4n) is 3.09. The van der Waals surface area contributed by atoms with Gasteiger partial charge >= 0.3 is 0 Å². The van der Waals surface area contributed by atoms with Crippen LogP contribution in [-0.2, 0) is 11.3 Å². The second kappa shape index (κ2) is 11.8. The van der Waals surface area contributed by atoms with Crippen LogP contribution in [0.3, 0.4) is 0 Å². The number of hydrogen-bond donors (Lipinski definition) is 2. The minimum absolute atomic E-state index is 0.113. The number of halogens is 3. The summed E-state index contributed by atoms with van der Waals surface area (Å²) in [5, 5.41) is 15.9. The minimum Gasteiger partial charge on any atom is -0.342 e. The molecule has 0 aliphatic carbocycles. The van der Waals surface area contributed by atoms with Gasteiger partial charge in [-0.05, 0) is 49.7 Å². The number of carbonyl (C=O) groups excluding carboxylic acids is 2. The van der Waals surface area contributed by atoms with Crippen molar-refractivity contribution in [1.82, 2.24) is 20.1 Å². The molecule has 0 spiro atoms. The highest BCUT2D eigenvalue weighted by Gasteiger charge is 2.21. The van der Waals surface area contributed by atoms with Gasteiger partial charge in [0.05, 0.1) is 22.4 Å². The Labute approximate surface area is 216 Å². The standard InChI is InChI=1S/C23H22Cl3N5O2S/c1-4-9-31-21(14(3)27-22(33)17-8-7-15(24)10-18(17)26)29-30-23(31)34-12-20(32)28-19-11-16(25)6-5-13(19)2/h4-8,10-11,14H,1,9,12H2,2-3H3,(H,27,33)(H,28,32)/t14-/m1/s1. The van der Waals surface area contributed by atoms with Crippen LogP contribution in [-0.4, -0.2) is 32.3 Å². The van der Waals surface area contributed by atoms with Gasteiger partial charge in [-0.2, -0.15) is 0 Å². The number of aromatic nitrogens is 3. The van der Waals surface area contributed by atoms with Crippen molar-refractivity contribution in [2.75, 3.05) is 11.1 Å². The minimum atomic E-state index is -0.482. The lowest BCUT2D eigenvalue weighted by atomic mass is 10.2. The van der Waals surface area contributed by atoms with Gasteiger partial charge in [0.1, 0.15) is 0 Å². The SMILES string of the molecule is C=CCn1c(SCC(=O)Nc2cc(Cl)ccc2C)nnc1[C@@H](C)NC(=O)c1ccc(Cl)cc1Cl. The van der Waals surface area contributed by atoms with Crippen molar-refractivity contribution < 1.29 is 9.59 Å². The van der Waals surface area contributed by atoms with Crippen LogP contribution in [0.2, 0.25) is 15.1 Å². The highest BCUT2D eigenvalue weighted by molar-refractivity contribution is 7.99. The monoisotopic (exact) mass is 537 g/mol. The first kappa shape index (κ1) is 26.1. The lowest BCUT2D eigenvalue weighted by molar-refractivity contribution is -0.113. The zero-order chi connectivity index (χ0) is 24.8. The summed E-state index contributed by atoms with van der Waals surface area (Å²) in [5.41, 5.74) is 1.86. The lowest BCUT2D eigenvalue weighted by Crippen LogP contribution is -2.29. The zero-order valence-corrected chi connectivity index (χ0v) is 21.5. The van der Waals surface area contributed by atoms with Crippen molar-refractivity contribution in [2.24, 2.45) is 0 Å². The number of nitrogens with one attached hydrogen (secondary N) is 2. The number of anilines is 1. The maximum atomic E-state index is 12.7. The van der Waals surface area contributed by atoms with E-state index < -0.39 is 6.04 Å². The molecule has 0 unspecified atom stereocenters. The van der Waals surface area contributed by atoms with E-state index in [0.717, 1.165) is 5.56 Å². The fraction of sp³-hybridized carbons (Fsp3) is 0.217. The summed E-state index contributed by atoms with van der Waals surface area (Å²) in [6, 6.07) is 9.49. The Balaban J connectivity index is 1.69. The van der Waals surface area contributed by atoms with Crippen LogP contribution >= 0.6 is 46.6 Å². The molecule has 1 heterocycles. The molecule has 0 aliphatic heterocycles. The van der Waals surface area contributed by atoms with E-state index in [4.69, 9.17) is 34.8 Å². The molecule has 178 valence electrons. The average molecular weight is 539 g/mol. The van der Waals surface area contributed by atoms with Gasteiger partial charge in [0.2, 0.25) is 5.91 Å². The molecule has 0 fully saturated rings. The number of benzene rings is 2. The maximum Gasteiger partial charge on any atom is 0.253 e. The Kier molecular flexibility index (Phi) is 9.02. The highest BCUT2D eigenvalue weighted by Crippen LogP contribution is 2.25. The number of thioether (sulfide) groups is 1. The molecule has 0 radical (unpaired) electrons. The number of rotatable bonds is 9. The molecule has 0 aliphatic rings. The third kappa shape index (κ3) is 6.54. The number of amides is 2. The molecule has 2 amide bonds. The third-order valence-corrected chi connectivity index (χ3v) is 6.52. The molecule has 1 aromatic heterocycles. The first-order valence-corrected chi connectivity index (χ1v) is 12.3. The van der Waals surface area contributed by atoms with Crippen LogP contribution in [0.25, 0.3) is 0 Å². The fourth-order valence-corrected chi connectivity index (χ4v) is 4.51. The van der Waals surface area contributed by atoms with E-state index in [1.165, 1.54) is 17.8 Å². The van der Waals surface area contributed by atoms with E-state index in [0.29, 0.717) is 38.8 Å². The first-order chi connectivity index (χ1) is 16.2. The zero-order valence-electron chi connectivity index (χ0n) is 18.4. The molecule has 0 saturated carbocycles. The highest BCUT2D eigenvalue weighted by atomic mass is 35.5. The average Bonchev–Trinajstić information content (AvgIpc) is 3.17. The third-order valence-electron chi connectivity index (χ3n) is 4.77. The summed E-state index contributed by atoms with van der Waals surface area (Å²) in [7, 11) is 0. The predicted molar refractivity (Wildman–Crippen MR) is 138 cm³/mol. The topological polar surface area (TPSA) is 88.9 Å². The Morgan fingerprint density at radius 2 is 1.85 bits per heavy atom. The van der Waals surface area contributed by atoms with E-state index in [2.05, 4.69) is 27.4 Å². The van der Waals surface area contributed by atoms with E-state index >= 15 is 0 Å². The van der Waals surface area contributed by atoms with Crippen LogP contribution in [0.15, 0.2) is 54.2 Å². The molecule has 0 saturated heterocycles. The molecule has 34 heavy (non-hydrogen) atoms. The Morgan fingerprint density at radius 3 is 2.56 bits per heavy atom. The second-order valence-electron chi connectivity index (χ2n) is 7.36. The van der Waals surface area contributed by atoms with Gasteiger partial charge in [0.15, 0.2) is 11.0 Å². The van der Waals surface area contributed by atoms with Gasteiger partial charge in [-0.1, -0.05) is 58.7 Å². The van der Waals surface area contributed by atoms with Crippen LogP contribution < -0.4 is 10.6 Å². The van der Waals surface area contributed by atoms with E-state index in [-0.39, 0.29) is 22.6 Å². The lowest BCUT2D eigenvalue weighted by Gasteiger charge is -2.16. The number of nitrogens with zero attached hydrogens (tertiary/aromatic N) is 3. The largest absolute Gasteiger partial charge is 0.342 e. The molecule has 3 aromatic rings. The maximum absolute atomic E-state index is 12.7. The molecule has 7 nitrogen and oxygen atoms in total. The summed E-state index contributed by atoms with van der Waals surface area (Å²) in [6.45, 7) is 7.86. The van der Waals surface area contributed by atoms with E-state index in [1.54, 1.807) is 41.8 Å². The van der Waals surface area contributed by atoms with Crippen LogP contribution in [0.1, 0.15) is 34.7 Å². The van der Waals surface area contributed by atoms with Crippen molar-refractivity contribution in [3.8, 4) is 0 Å². The number of hydrogen-bond acceptors (Lipinski definition) is 5. The van der Waals surface area contributed by atoms with Crippen molar-refractivity contribution in [1.29, 1.82) is 0 Å². The van der Waals surface area contributed by atoms with Crippen LogP contribution in [0.4, 0.5) is 5.69 Å². The molecule has 2 aromatic carbocycles. The predicted octanol–water partition coefficient (Wildman–Crippen LogP) is 5.95. The van der Waals surface area contributed by atoms with Gasteiger partial charge in [0, 0.05) is 22.3 Å². The van der Waals surface area contributed by atoms with Crippen molar-refractivity contribution in [3.05, 3.63) is 81.1 Å². The van der Waals surface area contributed by atoms with E-state index in [9.17, 15) is 9.59 Å². The molecule has 0 bridgehead atoms. The summed E-state index contributed by atoms with van der Waals surface area (Å²) in [5.74, 6) is 0.0612. The summed E-state index contributed by atoms with van der Waals surface area (Å²) >= 11 is 19.3. The summed E-state index contributed by atoms with van der Waals surface area (Å²) in [4.78, 5) is 25.2. The van der Waals surface area contributed by atoms with Gasteiger partial charge in [-0.25, -0.2) is 0 Å². The van der Waals surface area contributed by atoms with Crippen LogP contribution in [0.5, 0.6) is 0 Å². The number of aryl methyl sites for hydroxylation is 1. The molecular weight excluding hydrogens is 517 g/mol. The van der Waals surface area contributed by atoms with Crippen LogP contribution in [0, 0.1) is 6.92 Å². The Morgan fingerprint density at radius 1 is 1.15 bits per heavy atom. The summed E-state index contributed by atoms with van der Waals surface area (Å²) in [6.07, 6.45) is 1.69. The second-order valence-corrected chi connectivity index (χ2v) is 9.58. The Hall–Kier alpha value is -2.52. The van der Waals surface area contributed by atoms with Gasteiger partial charge < -0.3 is 15.2 Å². The Bertz CT molecular complexity index is 1230. The van der Waals surface area contributed by atoms with Crippen molar-refractivity contribution >= 4 is 64.1 Å². The first-order valence-electron chi connectivity index (χ1n) is 10.2. The molecule has 3 rings (SSSR count). The van der Waals surface area contributed by atoms with Crippen molar-refractivity contribution in [3.63, 3.8) is 0 Å². The van der Waals surface area contributed by atoms with Crippen molar-refractivity contribution in [2.45, 2.75) is 31.6 Å². The number of carbonyl (C=O) groups is 2. The molecular formula is C23H22Cl3N5O2S. The number of allylic oxidation sites excluding steroid dienone is 1. The molecule has 2 N–H and O–H groups in total. The quantitative estimate of drug-likeness (QED) is 0.259. The summed E-state index contributed by atoms with van der Waals surface area (Å²) < 4.78 is 1.80. The van der Waals surface area contributed by atoms with E-state index in [1.807, 2.05) is 13.0 Å². The smallest absolute Gasteiger partial charge is 0.253 e. The van der Waals surface area contributed by atoms with Gasteiger partial charge in [-0.15, -0.1) is 16.8 Å². The molecule has 11 heteroatoms. The van der Waals surface area contributed by atoms with Gasteiger partial charge in [-0.3, -0.25) is 9.59 Å². The normalized spacial score (nSPS) is 11.7.